The van der Waals surface area contributed by atoms with Gasteiger partial charge in [0.25, 0.3) is 0 Å². The van der Waals surface area contributed by atoms with Crippen molar-refractivity contribution in [2.24, 2.45) is 5.92 Å². The first kappa shape index (κ1) is 17.2. The van der Waals surface area contributed by atoms with Crippen LogP contribution in [0.5, 0.6) is 0 Å². The van der Waals surface area contributed by atoms with Crippen LogP contribution < -0.4 is 15.5 Å². The topological polar surface area (TPSA) is 102 Å². The van der Waals surface area contributed by atoms with Crippen LogP contribution in [0.2, 0.25) is 0 Å². The minimum Gasteiger partial charge on any atom is -0.373 e. The molecule has 1 aromatic carbocycles. The molecule has 1 saturated carbocycles. The maximum absolute atomic E-state index is 11.5. The summed E-state index contributed by atoms with van der Waals surface area (Å²) in [5.41, 5.74) is 4.48. The fourth-order valence-electron chi connectivity index (χ4n) is 4.75. The Bertz CT molecular complexity index is 1050. The van der Waals surface area contributed by atoms with E-state index in [0.29, 0.717) is 19.0 Å². The van der Waals surface area contributed by atoms with Crippen LogP contribution in [0.4, 0.5) is 11.6 Å². The highest BCUT2D eigenvalue weighted by Crippen LogP contribution is 2.43. The number of anilines is 2. The third-order valence-electron chi connectivity index (χ3n) is 6.64. The van der Waals surface area contributed by atoms with Crippen LogP contribution in [0.25, 0.3) is 11.0 Å². The second-order valence-corrected chi connectivity index (χ2v) is 8.58. The van der Waals surface area contributed by atoms with Crippen molar-refractivity contribution in [3.8, 4) is 0 Å². The summed E-state index contributed by atoms with van der Waals surface area (Å²) in [5.74, 6) is 1.44. The molecular weight excluding hydrogens is 366 g/mol. The molecule has 2 unspecified atom stereocenters. The number of imidazole rings is 1. The van der Waals surface area contributed by atoms with Gasteiger partial charge in [-0.05, 0) is 49.9 Å². The van der Waals surface area contributed by atoms with Gasteiger partial charge in [-0.1, -0.05) is 0 Å². The van der Waals surface area contributed by atoms with E-state index in [9.17, 15) is 5.11 Å². The van der Waals surface area contributed by atoms with Crippen molar-refractivity contribution in [2.75, 3.05) is 29.9 Å². The Balaban J connectivity index is 1.39. The smallest absolute Gasteiger partial charge is 0.222 e. The van der Waals surface area contributed by atoms with Crippen LogP contribution in [0.15, 0.2) is 30.7 Å². The highest BCUT2D eigenvalue weighted by atomic mass is 16.3. The van der Waals surface area contributed by atoms with Gasteiger partial charge in [-0.2, -0.15) is 0 Å². The quantitative estimate of drug-likeness (QED) is 0.537. The summed E-state index contributed by atoms with van der Waals surface area (Å²) in [5, 5.41) is 18.4. The molecule has 2 atom stereocenters. The third-order valence-corrected chi connectivity index (χ3v) is 6.64. The molecule has 0 bridgehead atoms. The lowest BCUT2D eigenvalue weighted by Crippen LogP contribution is -2.56. The number of benzene rings is 1. The number of hydrogen-bond donors (Lipinski definition) is 4. The average molecular weight is 391 g/mol. The van der Waals surface area contributed by atoms with Crippen molar-refractivity contribution in [3.63, 3.8) is 0 Å². The van der Waals surface area contributed by atoms with E-state index in [4.69, 9.17) is 4.98 Å². The Morgan fingerprint density at radius 1 is 1.28 bits per heavy atom. The van der Waals surface area contributed by atoms with Crippen molar-refractivity contribution in [1.29, 1.82) is 0 Å². The molecule has 2 aromatic heterocycles. The molecule has 29 heavy (non-hydrogen) atoms. The normalized spacial score (nSPS) is 26.2. The number of H-pyrrole nitrogens is 1. The van der Waals surface area contributed by atoms with Gasteiger partial charge in [0.2, 0.25) is 5.95 Å². The second-order valence-electron chi connectivity index (χ2n) is 8.58. The van der Waals surface area contributed by atoms with Gasteiger partial charge in [0.05, 0.1) is 28.5 Å². The van der Waals surface area contributed by atoms with Crippen molar-refractivity contribution in [2.45, 2.75) is 37.5 Å². The Labute approximate surface area is 168 Å². The molecule has 4 N–H and O–H groups in total. The molecule has 3 aromatic rings. The van der Waals surface area contributed by atoms with E-state index in [1.54, 1.807) is 6.33 Å². The van der Waals surface area contributed by atoms with E-state index < -0.39 is 11.6 Å². The van der Waals surface area contributed by atoms with Crippen molar-refractivity contribution in [1.82, 2.24) is 25.3 Å². The predicted molar refractivity (Wildman–Crippen MR) is 111 cm³/mol. The molecule has 2 fully saturated rings. The zero-order valence-corrected chi connectivity index (χ0v) is 16.2. The maximum atomic E-state index is 11.5. The molecule has 3 aliphatic rings. The molecule has 8 heteroatoms. The number of aliphatic hydroxyl groups excluding tert-OH is 1. The Morgan fingerprint density at radius 3 is 3.03 bits per heavy atom. The summed E-state index contributed by atoms with van der Waals surface area (Å²) in [6.45, 7) is 3.10. The molecule has 1 saturated heterocycles. The van der Waals surface area contributed by atoms with Crippen molar-refractivity contribution in [3.05, 3.63) is 42.0 Å². The first-order valence-corrected chi connectivity index (χ1v) is 10.4. The fourth-order valence-corrected chi connectivity index (χ4v) is 4.75. The number of aliphatic hydroxyl groups is 1. The van der Waals surface area contributed by atoms with E-state index in [1.165, 1.54) is 12.8 Å². The molecule has 6 rings (SSSR count). The number of nitrogens with zero attached hydrogens (tertiary/aromatic N) is 4. The highest BCUT2D eigenvalue weighted by Gasteiger charge is 2.50. The fraction of sp³-hybridized carbons (Fsp3) is 0.476. The maximum Gasteiger partial charge on any atom is 0.222 e. The van der Waals surface area contributed by atoms with E-state index in [1.807, 2.05) is 24.4 Å². The average Bonchev–Trinajstić information content (AvgIpc) is 3.24. The highest BCUT2D eigenvalue weighted by molar-refractivity contribution is 5.79. The van der Waals surface area contributed by atoms with Gasteiger partial charge in [0.1, 0.15) is 6.23 Å². The van der Waals surface area contributed by atoms with Crippen LogP contribution in [-0.2, 0) is 12.0 Å². The van der Waals surface area contributed by atoms with Crippen LogP contribution >= 0.6 is 0 Å². The molecule has 150 valence electrons. The SMILES string of the molecule is OC1N(c2ccc3[nH]cnc3c2)Cc2cnc(NCC3CC3)nc2C12CCNC2. The number of fused-ring (bicyclic) bond motifs is 3. The zero-order valence-electron chi connectivity index (χ0n) is 16.2. The summed E-state index contributed by atoms with van der Waals surface area (Å²) >= 11 is 0. The first-order chi connectivity index (χ1) is 14.2. The van der Waals surface area contributed by atoms with Gasteiger partial charge in [-0.3, -0.25) is 0 Å². The Hall–Kier alpha value is -2.71. The predicted octanol–water partition coefficient (Wildman–Crippen LogP) is 1.74. The van der Waals surface area contributed by atoms with E-state index in [0.717, 1.165) is 53.4 Å². The molecule has 1 spiro atoms. The lowest BCUT2D eigenvalue weighted by molar-refractivity contribution is 0.0729. The van der Waals surface area contributed by atoms with Crippen LogP contribution in [0, 0.1) is 5.92 Å². The third kappa shape index (κ3) is 2.78. The molecule has 4 heterocycles. The standard InChI is InChI=1S/C21H25N7O/c29-19-21(5-6-22-11-21)18-14(9-24-20(27-18)23-8-13-1-2-13)10-28(19)15-3-4-16-17(7-15)26-12-25-16/h3-4,7,9,12-13,19,22,29H,1-2,5-6,8,10-11H2,(H,25,26)(H,23,24,27). The minimum absolute atomic E-state index is 0.437. The largest absolute Gasteiger partial charge is 0.373 e. The van der Waals surface area contributed by atoms with E-state index in [2.05, 4.69) is 30.5 Å². The zero-order chi connectivity index (χ0) is 19.4. The van der Waals surface area contributed by atoms with E-state index >= 15 is 0 Å². The Kier molecular flexibility index (Phi) is 3.79. The van der Waals surface area contributed by atoms with Gasteiger partial charge >= 0.3 is 0 Å². The summed E-state index contributed by atoms with van der Waals surface area (Å²) < 4.78 is 0. The van der Waals surface area contributed by atoms with Gasteiger partial charge in [-0.15, -0.1) is 0 Å². The van der Waals surface area contributed by atoms with Gasteiger partial charge in [0.15, 0.2) is 0 Å². The summed E-state index contributed by atoms with van der Waals surface area (Å²) in [7, 11) is 0. The number of rotatable bonds is 4. The Morgan fingerprint density at radius 2 is 2.21 bits per heavy atom. The lowest BCUT2D eigenvalue weighted by Gasteiger charge is -2.46. The van der Waals surface area contributed by atoms with Crippen molar-refractivity contribution >= 4 is 22.7 Å². The first-order valence-electron chi connectivity index (χ1n) is 10.4. The van der Waals surface area contributed by atoms with Gasteiger partial charge < -0.3 is 25.6 Å². The summed E-state index contributed by atoms with van der Waals surface area (Å²) in [6, 6.07) is 6.08. The van der Waals surface area contributed by atoms with Crippen LogP contribution in [-0.4, -0.2) is 50.9 Å². The summed E-state index contributed by atoms with van der Waals surface area (Å²) in [6.07, 6.45) is 6.40. The van der Waals surface area contributed by atoms with Crippen LogP contribution in [0.3, 0.4) is 0 Å². The molecule has 0 amide bonds. The van der Waals surface area contributed by atoms with Gasteiger partial charge in [-0.25, -0.2) is 15.0 Å². The van der Waals surface area contributed by atoms with Crippen LogP contribution in [0.1, 0.15) is 30.5 Å². The monoisotopic (exact) mass is 391 g/mol. The second kappa shape index (κ2) is 6.40. The molecule has 0 radical (unpaired) electrons. The molecule has 8 nitrogen and oxygen atoms in total. The molecule has 2 aliphatic heterocycles. The van der Waals surface area contributed by atoms with E-state index in [-0.39, 0.29) is 0 Å². The molecular formula is C21H25N7O. The number of nitrogens with one attached hydrogen (secondary N) is 3. The summed E-state index contributed by atoms with van der Waals surface area (Å²) in [4.78, 5) is 19.0. The number of aromatic nitrogens is 4. The lowest BCUT2D eigenvalue weighted by atomic mass is 9.76. The minimum atomic E-state index is -0.660. The number of hydrogen-bond acceptors (Lipinski definition) is 7. The number of aromatic amines is 1. The van der Waals surface area contributed by atoms with Gasteiger partial charge in [0, 0.05) is 37.1 Å². The van der Waals surface area contributed by atoms with Crippen molar-refractivity contribution < 1.29 is 5.11 Å². The molecule has 1 aliphatic carbocycles.